The van der Waals surface area contributed by atoms with Gasteiger partial charge in [-0.3, -0.25) is 9.59 Å². The standard InChI is InChI=1S/C63H77N13O7S/c1-38(2)59(63(80)75-36-46(77)28-54(75)62(79)68-51(8-6-21-64)41-10-12-42(13-11-41)60-39(3)67-37-84-60)56-32-57(71-83-56)73-25-17-40(18-26-73)33-72-23-19-47(20-24-72)81-48-29-49(30-48)82-58-27-43(16-22-66-58)76-44-14-15-45(76)35-74(34-44)53-31-52(69-70-61(53)65)50-7-4-5-9-55(50)78/h4-5,7,9-13,16,22,27,31-32,37-38,40,44-49,51,54,59,77-78H,6,8,14-15,17-20,23-26,28-30,33-36H2,1-3H3,(H2,65,70)(H,68,79)/t44?,45?,46-,48-,49-,51+,54+,59-/m1/s1. The van der Waals surface area contributed by atoms with Crippen LogP contribution in [0, 0.1) is 30.1 Å². The first-order valence-electron chi connectivity index (χ1n) is 30.2. The fourth-order valence-corrected chi connectivity index (χ4v) is 14.6. The van der Waals surface area contributed by atoms with Gasteiger partial charge in [0.15, 0.2) is 17.4 Å². The van der Waals surface area contributed by atoms with E-state index in [9.17, 15) is 25.1 Å². The van der Waals surface area contributed by atoms with Gasteiger partial charge >= 0.3 is 0 Å². The number of nitrogens with zero attached hydrogens (tertiary/aromatic N) is 11. The quantitative estimate of drug-likeness (QED) is 0.0596. The van der Waals surface area contributed by atoms with Crippen molar-refractivity contribution in [3.05, 3.63) is 102 Å². The lowest BCUT2D eigenvalue weighted by Gasteiger charge is -2.43. The third-order valence-corrected chi connectivity index (χ3v) is 19.3. The van der Waals surface area contributed by atoms with Crippen molar-refractivity contribution in [2.75, 3.05) is 72.8 Å². The fraction of sp³-hybridized carbons (Fsp3) is 0.524. The van der Waals surface area contributed by atoms with Crippen LogP contribution >= 0.6 is 11.3 Å². The average Bonchev–Trinajstić information content (AvgIpc) is 3.43. The van der Waals surface area contributed by atoms with Crippen LogP contribution in [-0.4, -0.2) is 152 Å². The van der Waals surface area contributed by atoms with Gasteiger partial charge in [-0.05, 0) is 99.1 Å². The molecule has 84 heavy (non-hydrogen) atoms. The summed E-state index contributed by atoms with van der Waals surface area (Å²) in [6.45, 7) is 12.3. The number of carbonyl (C=O) groups is 2. The van der Waals surface area contributed by atoms with Crippen LogP contribution in [-0.2, 0) is 14.3 Å². The number of aromatic nitrogens is 5. The first kappa shape index (κ1) is 57.1. The van der Waals surface area contributed by atoms with E-state index in [1.807, 2.05) is 81.0 Å². The van der Waals surface area contributed by atoms with Gasteiger partial charge in [-0.2, -0.15) is 5.26 Å². The van der Waals surface area contributed by atoms with Crippen molar-refractivity contribution in [2.45, 2.75) is 146 Å². The van der Waals surface area contributed by atoms with E-state index >= 15 is 0 Å². The van der Waals surface area contributed by atoms with Crippen LogP contribution in [0.5, 0.6) is 11.6 Å². The summed E-state index contributed by atoms with van der Waals surface area (Å²) in [6.07, 6.45) is 10.3. The van der Waals surface area contributed by atoms with Crippen molar-refractivity contribution in [1.29, 1.82) is 5.26 Å². The molecular weight excluding hydrogens is 1080 g/mol. The predicted octanol–water partition coefficient (Wildman–Crippen LogP) is 8.27. The minimum absolute atomic E-state index is 0.0373. The second kappa shape index (κ2) is 25.1. The number of ether oxygens (including phenoxy) is 2. The molecule has 2 aromatic carbocycles. The van der Waals surface area contributed by atoms with Gasteiger partial charge in [0.25, 0.3) is 0 Å². The zero-order valence-electron chi connectivity index (χ0n) is 48.2. The smallest absolute Gasteiger partial charge is 0.243 e. The summed E-state index contributed by atoms with van der Waals surface area (Å²) in [5.41, 5.74) is 14.3. The lowest BCUT2D eigenvalue weighted by Crippen LogP contribution is -2.54. The summed E-state index contributed by atoms with van der Waals surface area (Å²) in [7, 11) is 0. The van der Waals surface area contributed by atoms with Gasteiger partial charge in [-0.25, -0.2) is 9.97 Å². The van der Waals surface area contributed by atoms with Gasteiger partial charge in [0.05, 0.1) is 57.9 Å². The SMILES string of the molecule is Cc1ncsc1-c1ccc([C@H](CCC#N)NC(=O)[C@@H]2C[C@@H](O)CN2C(=O)[C@@H](c2cc(N3CCC(CN4CCC(O[C@H]5C[C@H](Oc6cc(N7C8CCC7CN(c7cc(-c9ccccc9O)nnc7N)C8)ccn6)C5)CC4)CC3)no2)C(C)C)cc1. The molecule has 12 rings (SSSR count). The molecule has 0 radical (unpaired) electrons. The van der Waals surface area contributed by atoms with Crippen LogP contribution in [0.1, 0.15) is 113 Å². The number of hydrogen-bond acceptors (Lipinski definition) is 19. The Morgan fingerprint density at radius 2 is 1.64 bits per heavy atom. The van der Waals surface area contributed by atoms with Crippen LogP contribution in [0.2, 0.25) is 0 Å². The highest BCUT2D eigenvalue weighted by molar-refractivity contribution is 7.13. The van der Waals surface area contributed by atoms with Crippen molar-refractivity contribution < 1.29 is 33.8 Å². The fourth-order valence-electron chi connectivity index (χ4n) is 13.8. The van der Waals surface area contributed by atoms with Gasteiger partial charge in [0.1, 0.15) is 23.8 Å². The molecule has 4 aromatic heterocycles. The van der Waals surface area contributed by atoms with E-state index in [0.29, 0.717) is 59.0 Å². The number of amides is 2. The van der Waals surface area contributed by atoms with Crippen molar-refractivity contribution in [3.63, 3.8) is 0 Å². The van der Waals surface area contributed by atoms with E-state index < -0.39 is 24.1 Å². The summed E-state index contributed by atoms with van der Waals surface area (Å²) in [4.78, 5) is 49.9. The Morgan fingerprint density at radius 3 is 2.36 bits per heavy atom. The summed E-state index contributed by atoms with van der Waals surface area (Å²) in [6, 6.07) is 24.6. The number of aryl methyl sites for hydroxylation is 1. The van der Waals surface area contributed by atoms with E-state index in [4.69, 9.17) is 19.7 Å². The third kappa shape index (κ3) is 12.4. The number of pyridine rings is 1. The summed E-state index contributed by atoms with van der Waals surface area (Å²) in [5.74, 6) is 1.44. The summed E-state index contributed by atoms with van der Waals surface area (Å²) in [5, 5.41) is 47.1. The zero-order chi connectivity index (χ0) is 58.0. The Balaban J connectivity index is 0.572. The first-order chi connectivity index (χ1) is 40.8. The number of rotatable bonds is 19. The number of hydrogen-bond donors (Lipinski definition) is 4. The van der Waals surface area contributed by atoms with Gasteiger partial charge in [0, 0.05) is 120 Å². The lowest BCUT2D eigenvalue weighted by molar-refractivity contribution is -0.141. The number of nitrogens with one attached hydrogen (secondary N) is 1. The maximum absolute atomic E-state index is 14.5. The Labute approximate surface area is 494 Å². The number of phenols is 1. The Morgan fingerprint density at radius 1 is 0.881 bits per heavy atom. The number of para-hydroxylation sites is 1. The summed E-state index contributed by atoms with van der Waals surface area (Å²) >= 11 is 1.57. The highest BCUT2D eigenvalue weighted by atomic mass is 32.1. The molecule has 0 spiro atoms. The molecule has 2 amide bonds. The Bertz CT molecular complexity index is 3280. The number of carbonyl (C=O) groups excluding carboxylic acids is 2. The van der Waals surface area contributed by atoms with Crippen molar-refractivity contribution in [3.8, 4) is 39.4 Å². The number of thiazole rings is 1. The number of nitrogen functional groups attached to an aromatic ring is 1. The number of likely N-dealkylation sites (tertiary alicyclic amines) is 2. The lowest BCUT2D eigenvalue weighted by atomic mass is 9.91. The molecule has 20 nitrogen and oxygen atoms in total. The van der Waals surface area contributed by atoms with E-state index in [-0.39, 0.29) is 61.2 Å². The van der Waals surface area contributed by atoms with Gasteiger partial charge in [0.2, 0.25) is 17.7 Å². The van der Waals surface area contributed by atoms with E-state index in [1.165, 1.54) is 4.90 Å². The largest absolute Gasteiger partial charge is 0.507 e. The molecule has 6 atom stereocenters. The number of fused-ring (bicyclic) bond motifs is 2. The highest BCUT2D eigenvalue weighted by Gasteiger charge is 2.45. The second-order valence-corrected chi connectivity index (χ2v) is 25.2. The molecule has 442 valence electrons. The maximum Gasteiger partial charge on any atom is 0.243 e. The number of nitrogens with two attached hydrogens (primary N) is 1. The molecule has 5 N–H and O–H groups in total. The Kier molecular flexibility index (Phi) is 17.0. The number of aliphatic hydroxyl groups is 1. The number of benzene rings is 2. The number of β-amino-alcohol motifs (C(OH)–C–C–N with tert-alkyl or cyclic N) is 1. The van der Waals surface area contributed by atoms with Gasteiger partial charge in [-0.15, -0.1) is 21.5 Å². The zero-order valence-corrected chi connectivity index (χ0v) is 49.0. The van der Waals surface area contributed by atoms with Crippen LogP contribution in [0.4, 0.5) is 23.0 Å². The molecule has 21 heteroatoms. The number of aromatic hydroxyl groups is 1. The molecule has 5 aliphatic heterocycles. The summed E-state index contributed by atoms with van der Waals surface area (Å²) < 4.78 is 19.1. The predicted molar refractivity (Wildman–Crippen MR) is 320 cm³/mol. The van der Waals surface area contributed by atoms with Crippen LogP contribution in [0.15, 0.2) is 89.0 Å². The van der Waals surface area contributed by atoms with Gasteiger partial charge in [-0.1, -0.05) is 55.4 Å². The molecule has 6 aliphatic rings. The number of aliphatic hydroxyl groups excluding tert-OH is 1. The number of anilines is 4. The molecule has 1 saturated carbocycles. The minimum Gasteiger partial charge on any atom is -0.507 e. The highest BCUT2D eigenvalue weighted by Crippen LogP contribution is 2.41. The molecule has 5 saturated heterocycles. The molecule has 9 heterocycles. The number of nitriles is 1. The normalized spacial score (nSPS) is 23.8. The number of phenolic OH excluding ortho intramolecular Hbond substituents is 1. The van der Waals surface area contributed by atoms with E-state index in [1.54, 1.807) is 23.5 Å². The van der Waals surface area contributed by atoms with Crippen LogP contribution in [0.25, 0.3) is 21.7 Å². The van der Waals surface area contributed by atoms with Crippen molar-refractivity contribution >= 4 is 46.2 Å². The number of piperazine rings is 1. The maximum atomic E-state index is 14.5. The minimum atomic E-state index is -0.882. The topological polar surface area (TPSA) is 249 Å². The van der Waals surface area contributed by atoms with Crippen molar-refractivity contribution in [1.82, 2.24) is 40.4 Å². The van der Waals surface area contributed by atoms with Gasteiger partial charge < -0.3 is 59.8 Å². The molecule has 2 unspecified atom stereocenters. The van der Waals surface area contributed by atoms with E-state index in [2.05, 4.69) is 68.4 Å². The van der Waals surface area contributed by atoms with Crippen LogP contribution < -0.4 is 30.5 Å². The molecule has 6 aromatic rings. The molecule has 1 aliphatic carbocycles. The van der Waals surface area contributed by atoms with Crippen molar-refractivity contribution in [2.24, 2.45) is 11.8 Å². The van der Waals surface area contributed by atoms with E-state index in [0.717, 1.165) is 130 Å². The average molecular weight is 1160 g/mol. The first-order valence-corrected chi connectivity index (χ1v) is 31.0. The molecule has 6 fully saturated rings. The molecular formula is C63H77N13O7S. The second-order valence-electron chi connectivity index (χ2n) is 24.3. The number of piperidine rings is 2. The third-order valence-electron chi connectivity index (χ3n) is 18.3. The van der Waals surface area contributed by atoms with Crippen LogP contribution in [0.3, 0.4) is 0 Å². The Hall–Kier alpha value is -7.38. The molecule has 2 bridgehead atoms. The monoisotopic (exact) mass is 1160 g/mol.